The predicted molar refractivity (Wildman–Crippen MR) is 143 cm³/mol. The molecule has 0 radical (unpaired) electrons. The van der Waals surface area contributed by atoms with E-state index in [0.717, 1.165) is 30.0 Å². The van der Waals surface area contributed by atoms with Crippen LogP contribution in [0.2, 0.25) is 0 Å². The summed E-state index contributed by atoms with van der Waals surface area (Å²) in [5, 5.41) is 22.0. The second-order valence-electron chi connectivity index (χ2n) is 12.5. The van der Waals surface area contributed by atoms with E-state index in [4.69, 9.17) is 18.9 Å². The van der Waals surface area contributed by atoms with Gasteiger partial charge in [-0.25, -0.2) is 14.0 Å². The molecule has 224 valence electrons. The largest absolute Gasteiger partial charge is 0.449 e. The second-order valence-corrected chi connectivity index (χ2v) is 12.5. The first-order chi connectivity index (χ1) is 17.9. The lowest BCUT2D eigenvalue weighted by molar-refractivity contribution is -0.104. The Bertz CT molecular complexity index is 986. The molecular weight excluding hydrogens is 513 g/mol. The summed E-state index contributed by atoms with van der Waals surface area (Å²) in [6.07, 6.45) is -1.77. The molecule has 0 saturated carbocycles. The molecule has 1 aliphatic heterocycles. The number of rotatable bonds is 12. The van der Waals surface area contributed by atoms with Crippen LogP contribution in [0.1, 0.15) is 87.3 Å². The van der Waals surface area contributed by atoms with Crippen LogP contribution in [-0.4, -0.2) is 75.2 Å². The second kappa shape index (κ2) is 13.5. The van der Waals surface area contributed by atoms with Crippen LogP contribution in [0, 0.1) is 11.2 Å². The third kappa shape index (κ3) is 10.8. The van der Waals surface area contributed by atoms with Crippen molar-refractivity contribution in [2.75, 3.05) is 25.1 Å². The van der Waals surface area contributed by atoms with Crippen LogP contribution in [0.25, 0.3) is 0 Å². The van der Waals surface area contributed by atoms with E-state index in [-0.39, 0.29) is 23.2 Å². The van der Waals surface area contributed by atoms with Crippen molar-refractivity contribution in [3.8, 4) is 0 Å². The topological polar surface area (TPSA) is 141 Å². The molecule has 1 amide bonds. The van der Waals surface area contributed by atoms with Crippen molar-refractivity contribution >= 4 is 11.9 Å². The lowest BCUT2D eigenvalue weighted by atomic mass is 9.86. The lowest BCUT2D eigenvalue weighted by Gasteiger charge is -2.35. The zero-order valence-corrected chi connectivity index (χ0v) is 24.5. The van der Waals surface area contributed by atoms with Crippen LogP contribution in [-0.2, 0) is 18.9 Å². The number of amides is 1. The Morgan fingerprint density at radius 1 is 1.05 bits per heavy atom. The van der Waals surface area contributed by atoms with Crippen molar-refractivity contribution in [1.29, 1.82) is 0 Å². The number of hydrogen-bond acceptors (Lipinski definition) is 9. The Hall–Kier alpha value is -2.12. The van der Waals surface area contributed by atoms with Crippen LogP contribution in [0.3, 0.4) is 0 Å². The number of carbonyl (C=O) groups is 1. The normalized spacial score (nSPS) is 22.2. The Morgan fingerprint density at radius 3 is 2.15 bits per heavy atom. The van der Waals surface area contributed by atoms with Crippen LogP contribution in [0.4, 0.5) is 15.0 Å². The predicted octanol–water partition coefficient (Wildman–Crippen LogP) is 3.77. The summed E-state index contributed by atoms with van der Waals surface area (Å²) >= 11 is 0. The van der Waals surface area contributed by atoms with Crippen molar-refractivity contribution in [2.45, 2.75) is 117 Å². The number of halogens is 1. The molecule has 0 unspecified atom stereocenters. The minimum absolute atomic E-state index is 0.107. The maximum Gasteiger partial charge on any atom is 0.412 e. The van der Waals surface area contributed by atoms with E-state index in [9.17, 15) is 24.2 Å². The van der Waals surface area contributed by atoms with Crippen molar-refractivity contribution in [3.63, 3.8) is 0 Å². The average Bonchev–Trinajstić information content (AvgIpc) is 3.07. The molecule has 2 heterocycles. The number of nitrogens with one attached hydrogen (secondary N) is 1. The summed E-state index contributed by atoms with van der Waals surface area (Å²) in [6, 6.07) is 0. The lowest BCUT2D eigenvalue weighted by Crippen LogP contribution is -2.36. The van der Waals surface area contributed by atoms with Gasteiger partial charge in [0.25, 0.3) is 0 Å². The van der Waals surface area contributed by atoms with E-state index in [1.54, 1.807) is 0 Å². The molecule has 0 bridgehead atoms. The van der Waals surface area contributed by atoms with Gasteiger partial charge in [0.2, 0.25) is 0 Å². The zero-order valence-electron chi connectivity index (χ0n) is 24.5. The van der Waals surface area contributed by atoms with Gasteiger partial charge < -0.3 is 29.2 Å². The fraction of sp³-hybridized carbons (Fsp3) is 0.815. The van der Waals surface area contributed by atoms with Crippen LogP contribution in [0.5, 0.6) is 0 Å². The summed E-state index contributed by atoms with van der Waals surface area (Å²) in [6.45, 7) is 17.0. The van der Waals surface area contributed by atoms with E-state index >= 15 is 0 Å². The Balaban J connectivity index is 1.81. The van der Waals surface area contributed by atoms with E-state index < -0.39 is 48.0 Å². The van der Waals surface area contributed by atoms with Gasteiger partial charge in [-0.2, -0.15) is 4.98 Å². The van der Waals surface area contributed by atoms with Crippen molar-refractivity contribution in [3.05, 3.63) is 22.5 Å². The Morgan fingerprint density at radius 2 is 1.64 bits per heavy atom. The van der Waals surface area contributed by atoms with Crippen LogP contribution >= 0.6 is 0 Å². The van der Waals surface area contributed by atoms with E-state index in [2.05, 4.69) is 17.2 Å². The van der Waals surface area contributed by atoms with Gasteiger partial charge in [-0.05, 0) is 61.3 Å². The third-order valence-corrected chi connectivity index (χ3v) is 6.24. The van der Waals surface area contributed by atoms with Crippen molar-refractivity contribution in [1.82, 2.24) is 9.55 Å². The highest BCUT2D eigenvalue weighted by Crippen LogP contribution is 2.30. The van der Waals surface area contributed by atoms with Gasteiger partial charge >= 0.3 is 11.8 Å². The molecule has 1 aromatic rings. The van der Waals surface area contributed by atoms with Crippen LogP contribution < -0.4 is 11.0 Å². The Labute approximate surface area is 230 Å². The number of aromatic nitrogens is 2. The van der Waals surface area contributed by atoms with Crippen molar-refractivity contribution < 1.29 is 38.3 Å². The van der Waals surface area contributed by atoms with Gasteiger partial charge in [0.05, 0.1) is 43.3 Å². The van der Waals surface area contributed by atoms with E-state index in [1.807, 2.05) is 41.5 Å². The molecule has 12 heteroatoms. The van der Waals surface area contributed by atoms with Gasteiger partial charge in [-0.15, -0.1) is 0 Å². The minimum Gasteiger partial charge on any atom is -0.449 e. The molecule has 1 aromatic heterocycles. The quantitative estimate of drug-likeness (QED) is 0.326. The molecule has 39 heavy (non-hydrogen) atoms. The van der Waals surface area contributed by atoms with E-state index in [0.29, 0.717) is 19.6 Å². The Kier molecular flexibility index (Phi) is 11.4. The van der Waals surface area contributed by atoms with Gasteiger partial charge in [0, 0.05) is 5.41 Å². The molecular formula is C27H46FN3O8. The summed E-state index contributed by atoms with van der Waals surface area (Å²) in [7, 11) is 0. The minimum atomic E-state index is -1.43. The molecule has 2 rings (SSSR count). The first-order valence-electron chi connectivity index (χ1n) is 13.4. The fourth-order valence-electron chi connectivity index (χ4n) is 3.87. The highest BCUT2D eigenvalue weighted by atomic mass is 19.1. The number of anilines is 1. The molecule has 4 atom stereocenters. The number of nitrogens with zero attached hydrogens (tertiary/aromatic N) is 2. The first-order valence-corrected chi connectivity index (χ1v) is 13.4. The first kappa shape index (κ1) is 33.1. The fourth-order valence-corrected chi connectivity index (χ4v) is 3.87. The molecule has 1 aliphatic rings. The molecule has 1 fully saturated rings. The molecule has 0 aromatic carbocycles. The monoisotopic (exact) mass is 559 g/mol. The van der Waals surface area contributed by atoms with E-state index in [1.165, 1.54) is 6.92 Å². The zero-order chi connectivity index (χ0) is 29.6. The summed E-state index contributed by atoms with van der Waals surface area (Å²) in [4.78, 5) is 28.0. The molecule has 0 spiro atoms. The number of ether oxygens (including phenoxy) is 4. The maximum absolute atomic E-state index is 14.5. The summed E-state index contributed by atoms with van der Waals surface area (Å²) in [5.41, 5.74) is -1.64. The number of hydrogen-bond donors (Lipinski definition) is 3. The van der Waals surface area contributed by atoms with Gasteiger partial charge in [0.15, 0.2) is 17.9 Å². The number of aliphatic hydroxyl groups is 2. The number of carbonyl (C=O) groups excluding carboxylic acids is 1. The molecule has 1 saturated heterocycles. The number of aliphatic hydroxyl groups excluding tert-OH is 2. The van der Waals surface area contributed by atoms with Crippen molar-refractivity contribution in [2.24, 2.45) is 5.41 Å². The van der Waals surface area contributed by atoms with Gasteiger partial charge in [0.1, 0.15) is 12.2 Å². The number of unbranched alkanes of at least 4 members (excludes halogenated alkanes) is 2. The summed E-state index contributed by atoms with van der Waals surface area (Å²) < 4.78 is 37.8. The molecule has 11 nitrogen and oxygen atoms in total. The van der Waals surface area contributed by atoms with Gasteiger partial charge in [-0.1, -0.05) is 19.8 Å². The average molecular weight is 560 g/mol. The maximum atomic E-state index is 14.5. The standard InChI is InChI=1S/C27H46FN3O8/c1-17-19(32)20(33)22(39-17)31-14-18(28)21(29-23(31)34)30-24(35)36-13-11-9-10-12-27(8,15-37-25(2,3)4)16-38-26(5,6)7/h14,17,19-20,22,32-33H,9-13,15-16H2,1-8H3,(H,29,30,34,35)/t17-,19-,20-,22-/m1/s1. The smallest absolute Gasteiger partial charge is 0.412 e. The molecule has 0 aliphatic carbocycles. The summed E-state index contributed by atoms with van der Waals surface area (Å²) in [5.74, 6) is -1.62. The van der Waals surface area contributed by atoms with Crippen LogP contribution in [0.15, 0.2) is 11.0 Å². The highest BCUT2D eigenvalue weighted by molar-refractivity contribution is 5.83. The van der Waals surface area contributed by atoms with Gasteiger partial charge in [-0.3, -0.25) is 9.88 Å². The third-order valence-electron chi connectivity index (χ3n) is 6.24. The highest BCUT2D eigenvalue weighted by Gasteiger charge is 2.42. The SMILES string of the molecule is C[C@H]1O[C@@H](n2cc(F)c(NC(=O)OCCCCCC(C)(COC(C)(C)C)COC(C)(C)C)nc2=O)[C@H](O)[C@@H]1O. The molecule has 3 N–H and O–H groups in total.